The van der Waals surface area contributed by atoms with E-state index in [2.05, 4.69) is 19.8 Å². The van der Waals surface area contributed by atoms with Crippen molar-refractivity contribution >= 4 is 39.6 Å². The lowest BCUT2D eigenvalue weighted by Crippen LogP contribution is -2.51. The number of H-pyrrole nitrogens is 1. The molecule has 10 heteroatoms. The van der Waals surface area contributed by atoms with Crippen LogP contribution in [-0.2, 0) is 18.0 Å². The topological polar surface area (TPSA) is 95.9 Å². The maximum Gasteiger partial charge on any atom is 0.268 e. The molecule has 1 saturated carbocycles. The van der Waals surface area contributed by atoms with Crippen LogP contribution in [0.15, 0.2) is 45.2 Å². The highest BCUT2D eigenvalue weighted by atomic mass is 32.2. The summed E-state index contributed by atoms with van der Waals surface area (Å²) in [7, 11) is 0.750. The maximum atomic E-state index is 13.2. The Morgan fingerprint density at radius 3 is 2.71 bits per heavy atom. The van der Waals surface area contributed by atoms with Gasteiger partial charge in [0.2, 0.25) is 5.95 Å². The normalized spacial score (nSPS) is 21.1. The molecule has 5 rings (SSSR count). The highest BCUT2D eigenvalue weighted by Gasteiger charge is 2.46. The van der Waals surface area contributed by atoms with Gasteiger partial charge in [0.15, 0.2) is 0 Å². The summed E-state index contributed by atoms with van der Waals surface area (Å²) in [5.41, 5.74) is 1.12. The number of piperidine rings is 1. The summed E-state index contributed by atoms with van der Waals surface area (Å²) >= 11 is 1.43. The molecule has 2 N–H and O–H groups in total. The van der Waals surface area contributed by atoms with Gasteiger partial charge in [-0.15, -0.1) is 0 Å². The van der Waals surface area contributed by atoms with Gasteiger partial charge in [0.1, 0.15) is 0 Å². The lowest BCUT2D eigenvalue weighted by Gasteiger charge is -2.44. The van der Waals surface area contributed by atoms with Crippen molar-refractivity contribution in [3.8, 4) is 0 Å². The Balaban J connectivity index is 1.28. The number of aromatic nitrogens is 4. The molecule has 1 aliphatic heterocycles. The van der Waals surface area contributed by atoms with Crippen molar-refractivity contribution in [2.75, 3.05) is 18.0 Å². The van der Waals surface area contributed by atoms with Crippen LogP contribution in [0.25, 0.3) is 10.9 Å². The SMILES string of the molecule is Cn1c(N2CCC3(CCC[C@H]3NS(=O)C(C)(C)C)CC2)ncc(Sc2ccc3[nH]ncc3c2)c1=O. The summed E-state index contributed by atoms with van der Waals surface area (Å²) in [5, 5.41) is 8.03. The van der Waals surface area contributed by atoms with E-state index in [1.54, 1.807) is 17.0 Å². The monoisotopic (exact) mass is 514 g/mol. The number of anilines is 1. The van der Waals surface area contributed by atoms with Crippen LogP contribution in [0.5, 0.6) is 0 Å². The molecule has 2 aromatic heterocycles. The first-order chi connectivity index (χ1) is 16.7. The number of hydrogen-bond acceptors (Lipinski definition) is 6. The molecule has 1 aliphatic carbocycles. The predicted octanol–water partition coefficient (Wildman–Crippen LogP) is 4.00. The Morgan fingerprint density at radius 1 is 1.20 bits per heavy atom. The fourth-order valence-electron chi connectivity index (χ4n) is 5.37. The van der Waals surface area contributed by atoms with E-state index in [9.17, 15) is 9.00 Å². The highest BCUT2D eigenvalue weighted by Crippen LogP contribution is 2.47. The smallest absolute Gasteiger partial charge is 0.268 e. The molecule has 0 amide bonds. The van der Waals surface area contributed by atoms with Crippen molar-refractivity contribution in [1.82, 2.24) is 24.5 Å². The van der Waals surface area contributed by atoms with Crippen molar-refractivity contribution in [3.05, 3.63) is 40.9 Å². The van der Waals surface area contributed by atoms with Gasteiger partial charge in [0.05, 0.1) is 38.5 Å². The van der Waals surface area contributed by atoms with E-state index in [-0.39, 0.29) is 21.8 Å². The Hall–Kier alpha value is -2.17. The lowest BCUT2D eigenvalue weighted by atomic mass is 9.74. The summed E-state index contributed by atoms with van der Waals surface area (Å²) in [6.07, 6.45) is 8.95. The molecule has 1 unspecified atom stereocenters. The number of fused-ring (bicyclic) bond motifs is 1. The standard InChI is InChI=1S/C25H34N6O2S2/c1-24(2,3)35(33)29-21-6-5-9-25(21)10-12-31(13-11-25)23-26-16-20(22(32)30(23)4)34-18-7-8-19-17(14-18)15-27-28-19/h7-8,14-16,21,29H,5-6,9-13H2,1-4H3,(H,27,28)/t21-,35?/m1/s1. The van der Waals surface area contributed by atoms with Gasteiger partial charge >= 0.3 is 0 Å². The number of benzene rings is 1. The van der Waals surface area contributed by atoms with Gasteiger partial charge in [0.25, 0.3) is 5.56 Å². The number of aromatic amines is 1. The lowest BCUT2D eigenvalue weighted by molar-refractivity contribution is 0.187. The molecule has 1 spiro atoms. The van der Waals surface area contributed by atoms with Crippen molar-refractivity contribution in [2.24, 2.45) is 12.5 Å². The van der Waals surface area contributed by atoms with E-state index in [0.717, 1.165) is 54.1 Å². The maximum absolute atomic E-state index is 13.2. The first-order valence-corrected chi connectivity index (χ1v) is 14.2. The van der Waals surface area contributed by atoms with E-state index in [1.807, 2.05) is 46.0 Å². The fraction of sp³-hybridized carbons (Fsp3) is 0.560. The van der Waals surface area contributed by atoms with Gasteiger partial charge in [-0.1, -0.05) is 18.2 Å². The molecule has 3 heterocycles. The van der Waals surface area contributed by atoms with Gasteiger partial charge in [-0.2, -0.15) is 5.10 Å². The van der Waals surface area contributed by atoms with Gasteiger partial charge in [-0.3, -0.25) is 14.5 Å². The summed E-state index contributed by atoms with van der Waals surface area (Å²) < 4.78 is 17.6. The third-order valence-electron chi connectivity index (χ3n) is 7.51. The van der Waals surface area contributed by atoms with Crippen LogP contribution in [0.2, 0.25) is 0 Å². The number of rotatable bonds is 5. The molecular weight excluding hydrogens is 480 g/mol. The zero-order valence-electron chi connectivity index (χ0n) is 20.8. The summed E-state index contributed by atoms with van der Waals surface area (Å²) in [6, 6.07) is 6.27. The molecule has 2 aliphatic rings. The molecular formula is C25H34N6O2S2. The fourth-order valence-corrected chi connectivity index (χ4v) is 7.25. The van der Waals surface area contributed by atoms with Gasteiger partial charge in [0, 0.05) is 36.5 Å². The van der Waals surface area contributed by atoms with Gasteiger partial charge < -0.3 is 4.90 Å². The van der Waals surface area contributed by atoms with Crippen LogP contribution in [0.1, 0.15) is 52.9 Å². The summed E-state index contributed by atoms with van der Waals surface area (Å²) in [5.74, 6) is 0.722. The second-order valence-electron chi connectivity index (χ2n) is 10.8. The van der Waals surface area contributed by atoms with Crippen molar-refractivity contribution in [2.45, 2.75) is 73.5 Å². The first kappa shape index (κ1) is 24.5. The summed E-state index contributed by atoms with van der Waals surface area (Å²) in [6.45, 7) is 7.76. The van der Waals surface area contributed by atoms with E-state index in [4.69, 9.17) is 4.98 Å². The molecule has 8 nitrogen and oxygen atoms in total. The number of nitrogens with one attached hydrogen (secondary N) is 2. The van der Waals surface area contributed by atoms with E-state index < -0.39 is 11.0 Å². The van der Waals surface area contributed by atoms with Gasteiger partial charge in [-0.25, -0.2) is 13.9 Å². The van der Waals surface area contributed by atoms with Crippen LogP contribution >= 0.6 is 11.8 Å². The molecule has 188 valence electrons. The zero-order chi connectivity index (χ0) is 24.8. The number of nitrogens with zero attached hydrogens (tertiary/aromatic N) is 4. The Morgan fingerprint density at radius 2 is 1.97 bits per heavy atom. The molecule has 35 heavy (non-hydrogen) atoms. The third kappa shape index (κ3) is 4.80. The van der Waals surface area contributed by atoms with Crippen LogP contribution in [0.3, 0.4) is 0 Å². The van der Waals surface area contributed by atoms with E-state index in [0.29, 0.717) is 4.90 Å². The highest BCUT2D eigenvalue weighted by molar-refractivity contribution is 7.99. The second kappa shape index (κ2) is 9.37. The predicted molar refractivity (Wildman–Crippen MR) is 142 cm³/mol. The van der Waals surface area contributed by atoms with E-state index in [1.165, 1.54) is 24.6 Å². The van der Waals surface area contributed by atoms with Crippen molar-refractivity contribution < 1.29 is 4.21 Å². The Labute approximate surface area is 212 Å². The molecule has 0 bridgehead atoms. The summed E-state index contributed by atoms with van der Waals surface area (Å²) in [4.78, 5) is 21.7. The molecule has 1 saturated heterocycles. The number of hydrogen-bond donors (Lipinski definition) is 2. The molecule has 3 aromatic rings. The molecule has 1 aromatic carbocycles. The van der Waals surface area contributed by atoms with Crippen molar-refractivity contribution in [3.63, 3.8) is 0 Å². The van der Waals surface area contributed by atoms with Crippen LogP contribution in [-0.4, -0.2) is 47.8 Å². The quantitative estimate of drug-likeness (QED) is 0.534. The second-order valence-corrected chi connectivity index (χ2v) is 13.9. The minimum absolute atomic E-state index is 0.0337. The van der Waals surface area contributed by atoms with Crippen LogP contribution in [0.4, 0.5) is 5.95 Å². The third-order valence-corrected chi connectivity index (χ3v) is 10.1. The minimum atomic E-state index is -1.06. The molecule has 0 radical (unpaired) electrons. The van der Waals surface area contributed by atoms with Crippen molar-refractivity contribution in [1.29, 1.82) is 0 Å². The Kier molecular flexibility index (Phi) is 6.56. The van der Waals surface area contributed by atoms with E-state index >= 15 is 0 Å². The molecule has 2 fully saturated rings. The first-order valence-electron chi connectivity index (χ1n) is 12.3. The largest absolute Gasteiger partial charge is 0.342 e. The van der Waals surface area contributed by atoms with Crippen LogP contribution in [0, 0.1) is 5.41 Å². The average molecular weight is 515 g/mol. The Bertz CT molecular complexity index is 1300. The molecule has 2 atom stereocenters. The zero-order valence-corrected chi connectivity index (χ0v) is 22.5. The van der Waals surface area contributed by atoms with Gasteiger partial charge in [-0.05, 0) is 70.1 Å². The minimum Gasteiger partial charge on any atom is -0.342 e. The van der Waals surface area contributed by atoms with Crippen LogP contribution < -0.4 is 15.2 Å². The average Bonchev–Trinajstić information content (AvgIpc) is 3.44.